The van der Waals surface area contributed by atoms with Crippen LogP contribution in [0, 0.1) is 6.92 Å². The van der Waals surface area contributed by atoms with Crippen LogP contribution in [0.15, 0.2) is 47.6 Å². The van der Waals surface area contributed by atoms with Crippen LogP contribution in [0.5, 0.6) is 0 Å². The van der Waals surface area contributed by atoms with Crippen molar-refractivity contribution < 1.29 is 0 Å². The van der Waals surface area contributed by atoms with Crippen LogP contribution in [-0.2, 0) is 6.54 Å². The lowest BCUT2D eigenvalue weighted by atomic mass is 10.1. The standard InChI is InChI=1S/C15H14N4/c1-12-9-14(11-17-19-16)10-15(18-12)8-7-13-5-3-2-4-6-13/h2-10H,11H2,1H3. The first-order chi connectivity index (χ1) is 9.28. The lowest BCUT2D eigenvalue weighted by Crippen LogP contribution is -1.90. The Kier molecular flexibility index (Phi) is 4.32. The molecule has 0 aliphatic carbocycles. The van der Waals surface area contributed by atoms with E-state index in [0.717, 1.165) is 22.5 Å². The van der Waals surface area contributed by atoms with E-state index in [0.29, 0.717) is 6.54 Å². The first-order valence-electron chi connectivity index (χ1n) is 5.99. The van der Waals surface area contributed by atoms with Gasteiger partial charge in [-0.1, -0.05) is 41.5 Å². The highest BCUT2D eigenvalue weighted by atomic mass is 15.1. The molecular weight excluding hydrogens is 236 g/mol. The zero-order chi connectivity index (χ0) is 13.5. The van der Waals surface area contributed by atoms with Crippen LogP contribution in [0.4, 0.5) is 0 Å². The Balaban J connectivity index is 2.22. The van der Waals surface area contributed by atoms with E-state index in [1.165, 1.54) is 0 Å². The van der Waals surface area contributed by atoms with Gasteiger partial charge in [0.25, 0.3) is 0 Å². The topological polar surface area (TPSA) is 61.7 Å². The van der Waals surface area contributed by atoms with Gasteiger partial charge < -0.3 is 0 Å². The molecule has 2 aromatic rings. The van der Waals surface area contributed by atoms with E-state index in [-0.39, 0.29) is 0 Å². The summed E-state index contributed by atoms with van der Waals surface area (Å²) >= 11 is 0. The molecule has 2 rings (SSSR count). The molecule has 0 saturated heterocycles. The molecule has 0 atom stereocenters. The quantitative estimate of drug-likeness (QED) is 0.451. The zero-order valence-electron chi connectivity index (χ0n) is 10.7. The first-order valence-corrected chi connectivity index (χ1v) is 5.99. The number of aromatic nitrogens is 1. The highest BCUT2D eigenvalue weighted by Crippen LogP contribution is 2.11. The monoisotopic (exact) mass is 250 g/mol. The molecule has 0 radical (unpaired) electrons. The molecule has 1 aromatic carbocycles. The molecule has 0 unspecified atom stereocenters. The molecule has 0 saturated carbocycles. The van der Waals surface area contributed by atoms with Crippen molar-refractivity contribution in [2.24, 2.45) is 5.11 Å². The number of pyridine rings is 1. The second kappa shape index (κ2) is 6.38. The maximum atomic E-state index is 8.35. The summed E-state index contributed by atoms with van der Waals surface area (Å²) < 4.78 is 0. The van der Waals surface area contributed by atoms with Gasteiger partial charge in [-0.2, -0.15) is 0 Å². The lowest BCUT2D eigenvalue weighted by Gasteiger charge is -2.01. The highest BCUT2D eigenvalue weighted by molar-refractivity contribution is 5.68. The van der Waals surface area contributed by atoms with Crippen molar-refractivity contribution in [3.8, 4) is 0 Å². The number of azide groups is 1. The predicted molar refractivity (Wildman–Crippen MR) is 77.2 cm³/mol. The smallest absolute Gasteiger partial charge is 0.0635 e. The van der Waals surface area contributed by atoms with Gasteiger partial charge in [0.15, 0.2) is 0 Å². The van der Waals surface area contributed by atoms with E-state index in [4.69, 9.17) is 5.53 Å². The summed E-state index contributed by atoms with van der Waals surface area (Å²) in [6.45, 7) is 2.28. The van der Waals surface area contributed by atoms with Gasteiger partial charge in [-0.05, 0) is 41.8 Å². The fraction of sp³-hybridized carbons (Fsp3) is 0.133. The van der Waals surface area contributed by atoms with Crippen LogP contribution in [-0.4, -0.2) is 4.98 Å². The Morgan fingerprint density at radius 1 is 1.21 bits per heavy atom. The van der Waals surface area contributed by atoms with Crippen molar-refractivity contribution in [1.82, 2.24) is 4.98 Å². The second-order valence-corrected chi connectivity index (χ2v) is 4.17. The van der Waals surface area contributed by atoms with E-state index in [1.54, 1.807) is 0 Å². The zero-order valence-corrected chi connectivity index (χ0v) is 10.7. The van der Waals surface area contributed by atoms with Crippen molar-refractivity contribution >= 4 is 12.2 Å². The molecule has 0 fully saturated rings. The van der Waals surface area contributed by atoms with Gasteiger partial charge in [-0.25, -0.2) is 0 Å². The second-order valence-electron chi connectivity index (χ2n) is 4.17. The van der Waals surface area contributed by atoms with Crippen molar-refractivity contribution in [1.29, 1.82) is 0 Å². The molecule has 0 aliphatic heterocycles. The van der Waals surface area contributed by atoms with Crippen LogP contribution in [0.1, 0.15) is 22.5 Å². The Hall–Kier alpha value is -2.58. The molecule has 0 aliphatic rings. The summed E-state index contributed by atoms with van der Waals surface area (Å²) in [5.74, 6) is 0. The van der Waals surface area contributed by atoms with Gasteiger partial charge in [0, 0.05) is 10.6 Å². The third-order valence-electron chi connectivity index (χ3n) is 2.60. The Bertz CT molecular complexity index is 626. The number of hydrogen-bond donors (Lipinski definition) is 0. The third kappa shape index (κ3) is 3.98. The van der Waals surface area contributed by atoms with Gasteiger partial charge in [0.1, 0.15) is 0 Å². The minimum atomic E-state index is 0.353. The van der Waals surface area contributed by atoms with Gasteiger partial charge in [0.2, 0.25) is 0 Å². The van der Waals surface area contributed by atoms with Crippen LogP contribution >= 0.6 is 0 Å². The number of aryl methyl sites for hydroxylation is 1. The minimum absolute atomic E-state index is 0.353. The van der Waals surface area contributed by atoms with Gasteiger partial charge in [-0.3, -0.25) is 4.98 Å². The molecule has 94 valence electrons. The average Bonchev–Trinajstić information content (AvgIpc) is 2.43. The van der Waals surface area contributed by atoms with Crippen LogP contribution in [0.3, 0.4) is 0 Å². The Morgan fingerprint density at radius 3 is 2.74 bits per heavy atom. The molecule has 0 amide bonds. The Morgan fingerprint density at radius 2 is 2.00 bits per heavy atom. The summed E-state index contributed by atoms with van der Waals surface area (Å²) in [5.41, 5.74) is 12.2. The van der Waals surface area contributed by atoms with Crippen molar-refractivity contribution in [2.75, 3.05) is 0 Å². The fourth-order valence-electron chi connectivity index (χ4n) is 1.80. The van der Waals surface area contributed by atoms with Crippen molar-refractivity contribution in [3.63, 3.8) is 0 Å². The molecule has 1 aromatic heterocycles. The number of rotatable bonds is 4. The van der Waals surface area contributed by atoms with Crippen molar-refractivity contribution in [2.45, 2.75) is 13.5 Å². The Labute approximate surface area is 112 Å². The van der Waals surface area contributed by atoms with Crippen LogP contribution < -0.4 is 0 Å². The van der Waals surface area contributed by atoms with E-state index in [2.05, 4.69) is 15.0 Å². The van der Waals surface area contributed by atoms with Gasteiger partial charge in [-0.15, -0.1) is 0 Å². The van der Waals surface area contributed by atoms with Gasteiger partial charge >= 0.3 is 0 Å². The number of benzene rings is 1. The molecule has 4 heteroatoms. The largest absolute Gasteiger partial charge is 0.254 e. The lowest BCUT2D eigenvalue weighted by molar-refractivity contribution is 1.02. The fourth-order valence-corrected chi connectivity index (χ4v) is 1.80. The predicted octanol–water partition coefficient (Wildman–Crippen LogP) is 4.37. The SMILES string of the molecule is Cc1cc(CN=[N+]=[N-])cc(C=Cc2ccccc2)n1. The molecular formula is C15H14N4. The number of hydrogen-bond acceptors (Lipinski definition) is 2. The first kappa shape index (κ1) is 12.9. The number of nitrogens with zero attached hydrogens (tertiary/aromatic N) is 4. The summed E-state index contributed by atoms with van der Waals surface area (Å²) in [6.07, 6.45) is 3.97. The van der Waals surface area contributed by atoms with E-state index < -0.39 is 0 Å². The summed E-state index contributed by atoms with van der Waals surface area (Å²) in [4.78, 5) is 7.21. The van der Waals surface area contributed by atoms with E-state index in [9.17, 15) is 0 Å². The normalized spacial score (nSPS) is 10.4. The molecule has 19 heavy (non-hydrogen) atoms. The van der Waals surface area contributed by atoms with Crippen molar-refractivity contribution in [3.05, 3.63) is 75.4 Å². The van der Waals surface area contributed by atoms with E-state index >= 15 is 0 Å². The molecule has 4 nitrogen and oxygen atoms in total. The summed E-state index contributed by atoms with van der Waals surface area (Å²) in [7, 11) is 0. The maximum Gasteiger partial charge on any atom is 0.0635 e. The van der Waals surface area contributed by atoms with Crippen LogP contribution in [0.25, 0.3) is 22.6 Å². The highest BCUT2D eigenvalue weighted by Gasteiger charge is 1.97. The third-order valence-corrected chi connectivity index (χ3v) is 2.60. The molecule has 0 N–H and O–H groups in total. The van der Waals surface area contributed by atoms with E-state index in [1.807, 2.05) is 61.5 Å². The minimum Gasteiger partial charge on any atom is -0.254 e. The average molecular weight is 250 g/mol. The maximum absolute atomic E-state index is 8.35. The molecule has 0 bridgehead atoms. The molecule has 1 heterocycles. The summed E-state index contributed by atoms with van der Waals surface area (Å²) in [5, 5.41) is 3.57. The summed E-state index contributed by atoms with van der Waals surface area (Å²) in [6, 6.07) is 13.9. The van der Waals surface area contributed by atoms with Crippen LogP contribution in [0.2, 0.25) is 0 Å². The van der Waals surface area contributed by atoms with Gasteiger partial charge in [0.05, 0.1) is 12.2 Å². The molecule has 0 spiro atoms.